The Kier molecular flexibility index (Phi) is 16.3. The van der Waals surface area contributed by atoms with E-state index in [1.54, 1.807) is 25.3 Å². The van der Waals surface area contributed by atoms with Crippen LogP contribution in [-0.4, -0.2) is 90.0 Å². The molecule has 2 aromatic rings. The second-order valence-corrected chi connectivity index (χ2v) is 15.0. The maximum Gasteiger partial charge on any atom is 0.245 e. The van der Waals surface area contributed by atoms with Crippen molar-refractivity contribution in [1.82, 2.24) is 30.7 Å². The Bertz CT molecular complexity index is 1360. The van der Waals surface area contributed by atoms with Gasteiger partial charge < -0.3 is 25.2 Å². The van der Waals surface area contributed by atoms with Gasteiger partial charge in [-0.3, -0.25) is 24.5 Å². The zero-order valence-electron chi connectivity index (χ0n) is 31.4. The van der Waals surface area contributed by atoms with Crippen LogP contribution in [0, 0.1) is 11.8 Å². The first-order chi connectivity index (χ1) is 23.9. The molecule has 0 radical (unpaired) electrons. The van der Waals surface area contributed by atoms with Crippen molar-refractivity contribution in [2.45, 2.75) is 122 Å². The normalized spacial score (nSPS) is 19.0. The number of thiazole rings is 1. The monoisotopic (exact) mass is 712 g/mol. The molecule has 4 amide bonds. The highest BCUT2D eigenvalue weighted by Gasteiger charge is 2.44. The molecule has 3 N–H and O–H groups in total. The molecule has 6 atom stereocenters. The number of hydrogen-bond acceptors (Lipinski definition) is 8. The maximum atomic E-state index is 14.2. The Labute approximate surface area is 303 Å². The van der Waals surface area contributed by atoms with Crippen LogP contribution in [0.1, 0.15) is 103 Å². The molecule has 50 heavy (non-hydrogen) atoms. The van der Waals surface area contributed by atoms with E-state index in [4.69, 9.17) is 4.74 Å². The third-order valence-electron chi connectivity index (χ3n) is 10.1. The lowest BCUT2D eigenvalue weighted by Gasteiger charge is -2.42. The Morgan fingerprint density at radius 1 is 1.04 bits per heavy atom. The lowest BCUT2D eigenvalue weighted by atomic mass is 9.90. The smallest absolute Gasteiger partial charge is 0.245 e. The standard InChI is InChI=1S/C38H60N6O5S/c1-9-27(5)35(43(7)37(48)29(10-2)41-33(46)23-26(3)4)31(49-8)25-34(47)44-21-14-18-38(44,39-6)19-17-32(45)42-30(36-40-20-22-50-36)24-28-15-12-11-13-16-28/h11-13,15-16,20,22,26-27,29-31,35,39H,9-10,14,17-19,21,23-25H2,1-8H3,(H,41,46)(H,42,45). The zero-order valence-corrected chi connectivity index (χ0v) is 32.2. The number of likely N-dealkylation sites (tertiary alicyclic amines) is 1. The van der Waals surface area contributed by atoms with Crippen LogP contribution in [0.2, 0.25) is 0 Å². The first kappa shape index (κ1) is 41.1. The molecule has 1 aromatic carbocycles. The Morgan fingerprint density at radius 3 is 2.34 bits per heavy atom. The quantitative estimate of drug-likeness (QED) is 0.175. The van der Waals surface area contributed by atoms with Crippen molar-refractivity contribution in [3.05, 3.63) is 52.5 Å². The Hall–Kier alpha value is -3.35. The molecule has 11 nitrogen and oxygen atoms in total. The van der Waals surface area contributed by atoms with E-state index in [0.717, 1.165) is 29.8 Å². The molecule has 0 bridgehead atoms. The number of ether oxygens (including phenoxy) is 1. The van der Waals surface area contributed by atoms with Crippen molar-refractivity contribution < 1.29 is 23.9 Å². The first-order valence-electron chi connectivity index (χ1n) is 18.2. The molecule has 1 saturated heterocycles. The van der Waals surface area contributed by atoms with Crippen molar-refractivity contribution >= 4 is 35.0 Å². The van der Waals surface area contributed by atoms with E-state index >= 15 is 0 Å². The fourth-order valence-electron chi connectivity index (χ4n) is 7.15. The molecule has 3 rings (SSSR count). The Morgan fingerprint density at radius 2 is 1.76 bits per heavy atom. The number of rotatable bonds is 20. The summed E-state index contributed by atoms with van der Waals surface area (Å²) in [5.41, 5.74) is 0.439. The molecule has 278 valence electrons. The van der Waals surface area contributed by atoms with E-state index in [9.17, 15) is 19.2 Å². The highest BCUT2D eigenvalue weighted by molar-refractivity contribution is 7.09. The third kappa shape index (κ3) is 11.1. The summed E-state index contributed by atoms with van der Waals surface area (Å²) in [4.78, 5) is 62.0. The first-order valence-corrected chi connectivity index (χ1v) is 19.1. The van der Waals surface area contributed by atoms with Crippen LogP contribution in [0.4, 0.5) is 0 Å². The molecule has 12 heteroatoms. The summed E-state index contributed by atoms with van der Waals surface area (Å²) in [6.07, 6.45) is 5.72. The number of nitrogens with zero attached hydrogens (tertiary/aromatic N) is 3. The van der Waals surface area contributed by atoms with Crippen LogP contribution in [0.25, 0.3) is 0 Å². The summed E-state index contributed by atoms with van der Waals surface area (Å²) >= 11 is 1.52. The van der Waals surface area contributed by atoms with E-state index in [1.165, 1.54) is 11.3 Å². The van der Waals surface area contributed by atoms with Crippen molar-refractivity contribution in [1.29, 1.82) is 0 Å². The second-order valence-electron chi connectivity index (χ2n) is 14.0. The number of benzene rings is 1. The van der Waals surface area contributed by atoms with Gasteiger partial charge in [0.15, 0.2) is 0 Å². The molecule has 0 spiro atoms. The van der Waals surface area contributed by atoms with Gasteiger partial charge in [-0.25, -0.2) is 4.98 Å². The lowest BCUT2D eigenvalue weighted by molar-refractivity contribution is -0.147. The van der Waals surface area contributed by atoms with E-state index in [2.05, 4.69) is 34.8 Å². The number of nitrogens with one attached hydrogen (secondary N) is 3. The average Bonchev–Trinajstić information content (AvgIpc) is 3.80. The third-order valence-corrected chi connectivity index (χ3v) is 11.0. The van der Waals surface area contributed by atoms with Crippen molar-refractivity contribution in [2.75, 3.05) is 27.7 Å². The molecular weight excluding hydrogens is 653 g/mol. The van der Waals surface area contributed by atoms with Gasteiger partial charge in [-0.2, -0.15) is 0 Å². The van der Waals surface area contributed by atoms with Gasteiger partial charge in [-0.05, 0) is 56.6 Å². The summed E-state index contributed by atoms with van der Waals surface area (Å²) in [7, 11) is 5.18. The lowest BCUT2D eigenvalue weighted by Crippen LogP contribution is -2.59. The predicted molar refractivity (Wildman–Crippen MR) is 198 cm³/mol. The number of carbonyl (C=O) groups is 4. The summed E-state index contributed by atoms with van der Waals surface area (Å²) < 4.78 is 5.99. The van der Waals surface area contributed by atoms with Crippen LogP contribution in [0.3, 0.4) is 0 Å². The molecule has 0 aliphatic carbocycles. The number of likely N-dealkylation sites (N-methyl/N-ethyl adjacent to an activating group) is 1. The van der Waals surface area contributed by atoms with E-state index in [0.29, 0.717) is 32.2 Å². The fraction of sp³-hybridized carbons (Fsp3) is 0.658. The van der Waals surface area contributed by atoms with Crippen LogP contribution in [0.5, 0.6) is 0 Å². The minimum absolute atomic E-state index is 0.0311. The van der Waals surface area contributed by atoms with Crippen LogP contribution in [-0.2, 0) is 30.3 Å². The molecule has 1 aromatic heterocycles. The van der Waals surface area contributed by atoms with E-state index in [1.807, 2.05) is 68.4 Å². The average molecular weight is 713 g/mol. The topological polar surface area (TPSA) is 133 Å². The summed E-state index contributed by atoms with van der Waals surface area (Å²) in [5.74, 6) is -0.295. The fourth-order valence-corrected chi connectivity index (χ4v) is 7.84. The highest BCUT2D eigenvalue weighted by Crippen LogP contribution is 2.33. The molecule has 1 fully saturated rings. The van der Waals surface area contributed by atoms with Gasteiger partial charge in [0.1, 0.15) is 11.0 Å². The van der Waals surface area contributed by atoms with Gasteiger partial charge in [-0.15, -0.1) is 11.3 Å². The summed E-state index contributed by atoms with van der Waals surface area (Å²) in [6, 6.07) is 8.76. The molecule has 6 unspecified atom stereocenters. The molecule has 1 aliphatic rings. The highest BCUT2D eigenvalue weighted by atomic mass is 32.1. The Balaban J connectivity index is 1.72. The van der Waals surface area contributed by atoms with Gasteiger partial charge in [0.25, 0.3) is 0 Å². The van der Waals surface area contributed by atoms with Gasteiger partial charge in [0, 0.05) is 45.1 Å². The van der Waals surface area contributed by atoms with Gasteiger partial charge in [-0.1, -0.05) is 71.4 Å². The molecule has 1 aliphatic heterocycles. The number of carbonyl (C=O) groups excluding carboxylic acids is 4. The van der Waals surface area contributed by atoms with Crippen molar-refractivity contribution in [2.24, 2.45) is 11.8 Å². The van der Waals surface area contributed by atoms with E-state index < -0.39 is 17.8 Å². The second kappa shape index (κ2) is 19.9. The SMILES string of the molecule is CCC(NC(=O)CC(C)C)C(=O)N(C)C(C(C)CC)C(CC(=O)N1CCCC1(CCC(=O)NC(Cc1ccccc1)c1nccs1)NC)OC. The van der Waals surface area contributed by atoms with E-state index in [-0.39, 0.29) is 60.4 Å². The molecule has 2 heterocycles. The number of amides is 4. The summed E-state index contributed by atoms with van der Waals surface area (Å²) in [6.45, 7) is 10.5. The van der Waals surface area contributed by atoms with Gasteiger partial charge >= 0.3 is 0 Å². The van der Waals surface area contributed by atoms with Crippen LogP contribution in [0.15, 0.2) is 41.9 Å². The van der Waals surface area contributed by atoms with Crippen LogP contribution < -0.4 is 16.0 Å². The minimum Gasteiger partial charge on any atom is -0.379 e. The zero-order chi connectivity index (χ0) is 36.8. The van der Waals surface area contributed by atoms with Crippen LogP contribution >= 0.6 is 11.3 Å². The summed E-state index contributed by atoms with van der Waals surface area (Å²) in [5, 5.41) is 12.3. The van der Waals surface area contributed by atoms with Crippen molar-refractivity contribution in [3.8, 4) is 0 Å². The van der Waals surface area contributed by atoms with Gasteiger partial charge in [0.05, 0.1) is 30.3 Å². The largest absolute Gasteiger partial charge is 0.379 e. The maximum absolute atomic E-state index is 14.2. The number of hydrogen-bond donors (Lipinski definition) is 3. The number of aromatic nitrogens is 1. The predicted octanol–water partition coefficient (Wildman–Crippen LogP) is 5.08. The molecule has 0 saturated carbocycles. The molecular formula is C38H60N6O5S. The van der Waals surface area contributed by atoms with Crippen molar-refractivity contribution in [3.63, 3.8) is 0 Å². The minimum atomic E-state index is -0.676. The number of methoxy groups -OCH3 is 1. The van der Waals surface area contributed by atoms with Gasteiger partial charge in [0.2, 0.25) is 23.6 Å².